The lowest BCUT2D eigenvalue weighted by Crippen LogP contribution is -2.43. The number of ether oxygens (including phenoxy) is 1. The van der Waals surface area contributed by atoms with Crippen molar-refractivity contribution in [2.24, 2.45) is 5.92 Å². The Labute approximate surface area is 91.8 Å². The van der Waals surface area contributed by atoms with Gasteiger partial charge in [-0.25, -0.2) is 0 Å². The number of rotatable bonds is 5. The largest absolute Gasteiger partial charge is 0.469 e. The monoisotopic (exact) mass is 212 g/mol. The molecule has 0 aromatic carbocycles. The minimum Gasteiger partial charge on any atom is -0.469 e. The Morgan fingerprint density at radius 3 is 2.40 bits per heavy atom. The number of methoxy groups -OCH3 is 1. The van der Waals surface area contributed by atoms with Gasteiger partial charge in [-0.05, 0) is 20.9 Å². The molecule has 4 heteroatoms. The summed E-state index contributed by atoms with van der Waals surface area (Å²) in [7, 11) is 3.32. The second-order valence-electron chi connectivity index (χ2n) is 3.93. The lowest BCUT2D eigenvalue weighted by atomic mass is 10.0. The molecule has 0 saturated heterocycles. The zero-order valence-corrected chi connectivity index (χ0v) is 10.2. The molecule has 0 saturated carbocycles. The Hall–Kier alpha value is -1.08. The van der Waals surface area contributed by atoms with Crippen molar-refractivity contribution in [2.75, 3.05) is 14.2 Å². The average molecular weight is 212 g/mol. The molecule has 0 bridgehead atoms. The van der Waals surface area contributed by atoms with Gasteiger partial charge in [0.1, 0.15) is 0 Å². The van der Waals surface area contributed by atoms with Crippen LogP contribution in [-0.4, -0.2) is 37.1 Å². The van der Waals surface area contributed by atoms with E-state index < -0.39 is 0 Å². The summed E-state index contributed by atoms with van der Waals surface area (Å²) in [4.78, 5) is 13.4. The highest BCUT2D eigenvalue weighted by atomic mass is 16.5. The van der Waals surface area contributed by atoms with Crippen molar-refractivity contribution in [3.8, 4) is 6.07 Å². The molecule has 0 aliphatic rings. The second-order valence-corrected chi connectivity index (χ2v) is 3.93. The van der Waals surface area contributed by atoms with Crippen LogP contribution in [0.4, 0.5) is 0 Å². The van der Waals surface area contributed by atoms with Crippen molar-refractivity contribution in [2.45, 2.75) is 39.3 Å². The fourth-order valence-corrected chi connectivity index (χ4v) is 1.41. The molecule has 0 aromatic heterocycles. The summed E-state index contributed by atoms with van der Waals surface area (Å²) in [5, 5.41) is 8.59. The van der Waals surface area contributed by atoms with Gasteiger partial charge in [-0.2, -0.15) is 5.26 Å². The normalized spacial score (nSPS) is 16.6. The van der Waals surface area contributed by atoms with Crippen LogP contribution >= 0.6 is 0 Å². The fourth-order valence-electron chi connectivity index (χ4n) is 1.41. The van der Waals surface area contributed by atoms with Crippen molar-refractivity contribution in [3.05, 3.63) is 0 Å². The molecular weight excluding hydrogens is 192 g/mol. The van der Waals surface area contributed by atoms with Gasteiger partial charge in [0.2, 0.25) is 0 Å². The van der Waals surface area contributed by atoms with Crippen LogP contribution in [0, 0.1) is 17.2 Å². The molecule has 0 fully saturated rings. The van der Waals surface area contributed by atoms with Crippen molar-refractivity contribution in [1.29, 1.82) is 5.26 Å². The summed E-state index contributed by atoms with van der Waals surface area (Å²) in [5.74, 6) is -0.389. The van der Waals surface area contributed by atoms with E-state index >= 15 is 0 Å². The summed E-state index contributed by atoms with van der Waals surface area (Å²) in [6.45, 7) is 5.78. The first-order valence-corrected chi connectivity index (χ1v) is 5.12. The first-order valence-electron chi connectivity index (χ1n) is 5.12. The van der Waals surface area contributed by atoms with E-state index in [9.17, 15) is 4.79 Å². The van der Waals surface area contributed by atoms with Crippen LogP contribution in [0.2, 0.25) is 0 Å². The Morgan fingerprint density at radius 1 is 1.47 bits per heavy atom. The topological polar surface area (TPSA) is 53.3 Å². The molecule has 3 unspecified atom stereocenters. The Balaban J connectivity index is 4.37. The molecule has 4 nitrogen and oxygen atoms in total. The molecule has 0 amide bonds. The maximum absolute atomic E-state index is 11.3. The first-order chi connectivity index (χ1) is 6.95. The van der Waals surface area contributed by atoms with Crippen molar-refractivity contribution < 1.29 is 9.53 Å². The third-order valence-corrected chi connectivity index (χ3v) is 3.02. The van der Waals surface area contributed by atoms with Gasteiger partial charge in [0, 0.05) is 12.1 Å². The van der Waals surface area contributed by atoms with Crippen LogP contribution in [0.25, 0.3) is 0 Å². The average Bonchev–Trinajstić information content (AvgIpc) is 2.25. The van der Waals surface area contributed by atoms with Gasteiger partial charge >= 0.3 is 5.97 Å². The predicted octanol–water partition coefficient (Wildman–Crippen LogP) is 1.42. The zero-order valence-electron chi connectivity index (χ0n) is 10.2. The van der Waals surface area contributed by atoms with Crippen LogP contribution in [0.15, 0.2) is 0 Å². The number of nitrogens with zero attached hydrogens (tertiary/aromatic N) is 2. The van der Waals surface area contributed by atoms with Crippen LogP contribution in [0.1, 0.15) is 27.2 Å². The minimum absolute atomic E-state index is 0.0702. The Bertz CT molecular complexity index is 247. The smallest absolute Gasteiger partial charge is 0.309 e. The van der Waals surface area contributed by atoms with Crippen molar-refractivity contribution in [1.82, 2.24) is 4.90 Å². The maximum Gasteiger partial charge on any atom is 0.309 e. The number of carbonyl (C=O) groups excluding carboxylic acids is 1. The van der Waals surface area contributed by atoms with Crippen LogP contribution in [0.3, 0.4) is 0 Å². The molecule has 0 rings (SSSR count). The molecule has 86 valence electrons. The Morgan fingerprint density at radius 2 is 2.00 bits per heavy atom. The quantitative estimate of drug-likeness (QED) is 0.647. The molecule has 0 N–H and O–H groups in total. The standard InChI is InChI=1S/C11H20N2O2/c1-8(6-7-12)13(4)10(3)9(2)11(14)15-5/h8-10H,6H2,1-5H3. The third kappa shape index (κ3) is 3.88. The molecule has 15 heavy (non-hydrogen) atoms. The van der Waals surface area contributed by atoms with E-state index in [2.05, 4.69) is 6.07 Å². The van der Waals surface area contributed by atoms with E-state index in [0.29, 0.717) is 6.42 Å². The predicted molar refractivity (Wildman–Crippen MR) is 58.1 cm³/mol. The summed E-state index contributed by atoms with van der Waals surface area (Å²) < 4.78 is 4.69. The molecule has 0 aliphatic heterocycles. The van der Waals surface area contributed by atoms with Gasteiger partial charge in [-0.1, -0.05) is 6.92 Å². The lowest BCUT2D eigenvalue weighted by molar-refractivity contribution is -0.147. The van der Waals surface area contributed by atoms with E-state index in [0.717, 1.165) is 0 Å². The SMILES string of the molecule is COC(=O)C(C)C(C)N(C)C(C)CC#N. The van der Waals surface area contributed by atoms with E-state index in [1.807, 2.05) is 32.7 Å². The number of nitriles is 1. The number of carbonyl (C=O) groups is 1. The molecule has 0 radical (unpaired) electrons. The minimum atomic E-state index is -0.210. The highest BCUT2D eigenvalue weighted by Crippen LogP contribution is 2.14. The maximum atomic E-state index is 11.3. The van der Waals surface area contributed by atoms with Crippen LogP contribution < -0.4 is 0 Å². The van der Waals surface area contributed by atoms with Crippen molar-refractivity contribution in [3.63, 3.8) is 0 Å². The Kier molecular flexibility index (Phi) is 5.95. The van der Waals surface area contributed by atoms with Gasteiger partial charge < -0.3 is 4.74 Å². The zero-order chi connectivity index (χ0) is 12.0. The van der Waals surface area contributed by atoms with Crippen LogP contribution in [-0.2, 0) is 9.53 Å². The fraction of sp³-hybridized carbons (Fsp3) is 0.818. The molecule has 3 atom stereocenters. The van der Waals surface area contributed by atoms with Gasteiger partial charge in [0.15, 0.2) is 0 Å². The summed E-state index contributed by atoms with van der Waals surface area (Å²) >= 11 is 0. The molecular formula is C11H20N2O2. The highest BCUT2D eigenvalue weighted by molar-refractivity contribution is 5.72. The molecule has 0 heterocycles. The summed E-state index contributed by atoms with van der Waals surface area (Å²) in [5.41, 5.74) is 0. The van der Waals surface area contributed by atoms with E-state index in [4.69, 9.17) is 10.00 Å². The number of hydrogen-bond donors (Lipinski definition) is 0. The number of hydrogen-bond acceptors (Lipinski definition) is 4. The summed E-state index contributed by atoms with van der Waals surface area (Å²) in [6, 6.07) is 2.35. The van der Waals surface area contributed by atoms with Gasteiger partial charge in [-0.15, -0.1) is 0 Å². The molecule has 0 aromatic rings. The van der Waals surface area contributed by atoms with E-state index in [1.165, 1.54) is 7.11 Å². The number of esters is 1. The first kappa shape index (κ1) is 13.9. The van der Waals surface area contributed by atoms with Crippen molar-refractivity contribution >= 4 is 5.97 Å². The van der Waals surface area contributed by atoms with E-state index in [-0.39, 0.29) is 24.0 Å². The molecule has 0 spiro atoms. The van der Waals surface area contributed by atoms with E-state index in [1.54, 1.807) is 0 Å². The van der Waals surface area contributed by atoms with Gasteiger partial charge in [0.25, 0.3) is 0 Å². The van der Waals surface area contributed by atoms with Gasteiger partial charge in [-0.3, -0.25) is 9.69 Å². The summed E-state index contributed by atoms with van der Waals surface area (Å²) in [6.07, 6.45) is 0.467. The van der Waals surface area contributed by atoms with Crippen LogP contribution in [0.5, 0.6) is 0 Å². The lowest BCUT2D eigenvalue weighted by Gasteiger charge is -2.32. The highest BCUT2D eigenvalue weighted by Gasteiger charge is 2.26. The van der Waals surface area contributed by atoms with Gasteiger partial charge in [0.05, 0.1) is 25.5 Å². The second kappa shape index (κ2) is 6.41. The molecule has 0 aliphatic carbocycles. The third-order valence-electron chi connectivity index (χ3n) is 3.02.